The highest BCUT2D eigenvalue weighted by atomic mass is 16.2. The van der Waals surface area contributed by atoms with E-state index in [-0.39, 0.29) is 17.5 Å². The molecular weight excluding hydrogens is 370 g/mol. The summed E-state index contributed by atoms with van der Waals surface area (Å²) in [4.78, 5) is 36.6. The van der Waals surface area contributed by atoms with Crippen molar-refractivity contribution in [2.24, 2.45) is 11.5 Å². The van der Waals surface area contributed by atoms with Gasteiger partial charge in [-0.05, 0) is 37.5 Å². The van der Waals surface area contributed by atoms with E-state index < -0.39 is 5.91 Å². The van der Waals surface area contributed by atoms with Crippen LogP contribution in [0.5, 0.6) is 0 Å². The SMILES string of the molecule is NC(=O)c1cnc(N2CCCC(N)C2)nc1Nc1cccc(N2CCCC2=O)c1. The first-order valence-corrected chi connectivity index (χ1v) is 9.86. The van der Waals surface area contributed by atoms with Gasteiger partial charge in [0.05, 0.1) is 0 Å². The molecule has 2 aliphatic rings. The fourth-order valence-electron chi connectivity index (χ4n) is 3.80. The molecule has 9 nitrogen and oxygen atoms in total. The van der Waals surface area contributed by atoms with E-state index in [1.54, 1.807) is 4.90 Å². The summed E-state index contributed by atoms with van der Waals surface area (Å²) in [5, 5.41) is 3.18. The molecule has 2 saturated heterocycles. The minimum Gasteiger partial charge on any atom is -0.365 e. The van der Waals surface area contributed by atoms with E-state index in [1.807, 2.05) is 29.2 Å². The fourth-order valence-corrected chi connectivity index (χ4v) is 3.80. The van der Waals surface area contributed by atoms with Gasteiger partial charge in [-0.15, -0.1) is 0 Å². The molecule has 3 heterocycles. The topological polar surface area (TPSA) is 130 Å². The van der Waals surface area contributed by atoms with Crippen molar-refractivity contribution in [2.75, 3.05) is 34.8 Å². The zero-order chi connectivity index (χ0) is 20.4. The summed E-state index contributed by atoms with van der Waals surface area (Å²) >= 11 is 0. The van der Waals surface area contributed by atoms with Gasteiger partial charge >= 0.3 is 0 Å². The van der Waals surface area contributed by atoms with Crippen molar-refractivity contribution in [3.63, 3.8) is 0 Å². The predicted octanol–water partition coefficient (Wildman–Crippen LogP) is 1.37. The third kappa shape index (κ3) is 4.14. The lowest BCUT2D eigenvalue weighted by Crippen LogP contribution is -2.43. The Kier molecular flexibility index (Phi) is 5.30. The van der Waals surface area contributed by atoms with Crippen molar-refractivity contribution in [2.45, 2.75) is 31.7 Å². The predicted molar refractivity (Wildman–Crippen MR) is 111 cm³/mol. The number of carbonyl (C=O) groups excluding carboxylic acids is 2. The smallest absolute Gasteiger partial charge is 0.254 e. The summed E-state index contributed by atoms with van der Waals surface area (Å²) in [7, 11) is 0. The van der Waals surface area contributed by atoms with Crippen LogP contribution in [-0.4, -0.2) is 47.5 Å². The molecule has 9 heteroatoms. The van der Waals surface area contributed by atoms with Gasteiger partial charge in [-0.3, -0.25) is 9.59 Å². The fraction of sp³-hybridized carbons (Fsp3) is 0.400. The number of primary amides is 1. The Labute approximate surface area is 169 Å². The number of nitrogens with two attached hydrogens (primary N) is 2. The van der Waals surface area contributed by atoms with Crippen molar-refractivity contribution in [3.8, 4) is 0 Å². The molecule has 5 N–H and O–H groups in total. The standard InChI is InChI=1S/C20H25N7O2/c21-13-4-2-8-26(12-13)20-23-11-16(18(22)29)19(25-20)24-14-5-1-6-15(10-14)27-9-3-7-17(27)28/h1,5-6,10-11,13H,2-4,7-9,12,21H2,(H2,22,29)(H,23,24,25). The highest BCUT2D eigenvalue weighted by Crippen LogP contribution is 2.27. The second-order valence-corrected chi connectivity index (χ2v) is 7.47. The Morgan fingerprint density at radius 1 is 1.24 bits per heavy atom. The third-order valence-corrected chi connectivity index (χ3v) is 5.28. The molecule has 0 spiro atoms. The number of piperidine rings is 1. The first kappa shape index (κ1) is 19.1. The van der Waals surface area contributed by atoms with E-state index in [2.05, 4.69) is 15.3 Å². The molecule has 2 amide bonds. The molecule has 29 heavy (non-hydrogen) atoms. The molecule has 1 unspecified atom stereocenters. The van der Waals surface area contributed by atoms with Crippen molar-refractivity contribution in [1.29, 1.82) is 0 Å². The van der Waals surface area contributed by atoms with Gasteiger partial charge in [0.15, 0.2) is 0 Å². The van der Waals surface area contributed by atoms with Gasteiger partial charge in [0.25, 0.3) is 5.91 Å². The Balaban J connectivity index is 1.62. The van der Waals surface area contributed by atoms with Gasteiger partial charge in [-0.25, -0.2) is 4.98 Å². The van der Waals surface area contributed by atoms with Gasteiger partial charge in [-0.1, -0.05) is 6.07 Å². The molecule has 152 valence electrons. The van der Waals surface area contributed by atoms with Crippen LogP contribution in [-0.2, 0) is 4.79 Å². The first-order valence-electron chi connectivity index (χ1n) is 9.86. The van der Waals surface area contributed by atoms with Crippen LogP contribution in [0.15, 0.2) is 30.5 Å². The maximum atomic E-state index is 12.0. The molecule has 0 saturated carbocycles. The van der Waals surface area contributed by atoms with E-state index >= 15 is 0 Å². The second-order valence-electron chi connectivity index (χ2n) is 7.47. The number of amides is 2. The normalized spacial score (nSPS) is 19.5. The monoisotopic (exact) mass is 395 g/mol. The highest BCUT2D eigenvalue weighted by Gasteiger charge is 2.23. The van der Waals surface area contributed by atoms with E-state index in [0.717, 1.165) is 31.5 Å². The number of hydrogen-bond donors (Lipinski definition) is 3. The van der Waals surface area contributed by atoms with Crippen molar-refractivity contribution in [1.82, 2.24) is 9.97 Å². The average Bonchev–Trinajstić information content (AvgIpc) is 3.14. The van der Waals surface area contributed by atoms with Crippen LogP contribution in [0.4, 0.5) is 23.1 Å². The second kappa shape index (κ2) is 8.04. The molecule has 2 fully saturated rings. The molecule has 1 aromatic heterocycles. The van der Waals surface area contributed by atoms with E-state index in [1.165, 1.54) is 6.20 Å². The van der Waals surface area contributed by atoms with Gasteiger partial charge in [0.1, 0.15) is 11.4 Å². The van der Waals surface area contributed by atoms with Crippen LogP contribution in [0.1, 0.15) is 36.0 Å². The maximum absolute atomic E-state index is 12.0. The van der Waals surface area contributed by atoms with Gasteiger partial charge < -0.3 is 26.6 Å². The molecule has 2 aliphatic heterocycles. The molecule has 2 aromatic rings. The van der Waals surface area contributed by atoms with Crippen LogP contribution < -0.4 is 26.6 Å². The third-order valence-electron chi connectivity index (χ3n) is 5.28. The Morgan fingerprint density at radius 3 is 2.83 bits per heavy atom. The summed E-state index contributed by atoms with van der Waals surface area (Å²) in [6.07, 6.45) is 4.81. The summed E-state index contributed by atoms with van der Waals surface area (Å²) in [6, 6.07) is 7.55. The van der Waals surface area contributed by atoms with Crippen LogP contribution in [0.3, 0.4) is 0 Å². The minimum absolute atomic E-state index is 0.0780. The van der Waals surface area contributed by atoms with E-state index in [4.69, 9.17) is 11.5 Å². The lowest BCUT2D eigenvalue weighted by Gasteiger charge is -2.31. The lowest BCUT2D eigenvalue weighted by molar-refractivity contribution is -0.117. The molecule has 0 radical (unpaired) electrons. The Morgan fingerprint density at radius 2 is 2.10 bits per heavy atom. The van der Waals surface area contributed by atoms with Crippen molar-refractivity contribution < 1.29 is 9.59 Å². The van der Waals surface area contributed by atoms with E-state index in [9.17, 15) is 9.59 Å². The van der Waals surface area contributed by atoms with Crippen LogP contribution in [0.25, 0.3) is 0 Å². The number of hydrogen-bond acceptors (Lipinski definition) is 7. The molecule has 0 aliphatic carbocycles. The zero-order valence-corrected chi connectivity index (χ0v) is 16.2. The summed E-state index contributed by atoms with van der Waals surface area (Å²) in [5.74, 6) is 0.357. The number of nitrogens with zero attached hydrogens (tertiary/aromatic N) is 4. The number of benzene rings is 1. The lowest BCUT2D eigenvalue weighted by atomic mass is 10.1. The number of anilines is 4. The quantitative estimate of drug-likeness (QED) is 0.697. The summed E-state index contributed by atoms with van der Waals surface area (Å²) in [6.45, 7) is 2.19. The Hall–Kier alpha value is -3.20. The first-order chi connectivity index (χ1) is 14.0. The molecule has 4 rings (SSSR count). The van der Waals surface area contributed by atoms with Crippen LogP contribution in [0.2, 0.25) is 0 Å². The van der Waals surface area contributed by atoms with Crippen molar-refractivity contribution in [3.05, 3.63) is 36.0 Å². The van der Waals surface area contributed by atoms with Crippen LogP contribution >= 0.6 is 0 Å². The van der Waals surface area contributed by atoms with E-state index in [0.29, 0.717) is 37.0 Å². The van der Waals surface area contributed by atoms with Crippen molar-refractivity contribution >= 4 is 35.0 Å². The minimum atomic E-state index is -0.611. The molecule has 1 aromatic carbocycles. The number of aromatic nitrogens is 2. The number of nitrogens with one attached hydrogen (secondary N) is 1. The average molecular weight is 395 g/mol. The van der Waals surface area contributed by atoms with Crippen LogP contribution in [0, 0.1) is 0 Å². The summed E-state index contributed by atoms with van der Waals surface area (Å²) < 4.78 is 0. The Bertz CT molecular complexity index is 933. The highest BCUT2D eigenvalue weighted by molar-refractivity contribution is 5.98. The zero-order valence-electron chi connectivity index (χ0n) is 16.2. The summed E-state index contributed by atoms with van der Waals surface area (Å²) in [5.41, 5.74) is 13.3. The molecule has 1 atom stereocenters. The number of rotatable bonds is 5. The van der Waals surface area contributed by atoms with Gasteiger partial charge in [0, 0.05) is 49.7 Å². The molecular formula is C20H25N7O2. The van der Waals surface area contributed by atoms with Gasteiger partial charge in [0.2, 0.25) is 11.9 Å². The van der Waals surface area contributed by atoms with Gasteiger partial charge in [-0.2, -0.15) is 4.98 Å². The molecule has 0 bridgehead atoms. The largest absolute Gasteiger partial charge is 0.365 e. The number of carbonyl (C=O) groups is 2. The maximum Gasteiger partial charge on any atom is 0.254 e.